The van der Waals surface area contributed by atoms with Gasteiger partial charge in [-0.25, -0.2) is 0 Å². The molecular formula is C16H31NO7. The largest absolute Gasteiger partial charge is 0.390 e. The molecule has 0 spiro atoms. The van der Waals surface area contributed by atoms with Crippen LogP contribution in [-0.2, 0) is 9.53 Å². The predicted octanol–water partition coefficient (Wildman–Crippen LogP) is -1.34. The lowest BCUT2D eigenvalue weighted by molar-refractivity contribution is -0.132. The van der Waals surface area contributed by atoms with Crippen molar-refractivity contribution >= 4 is 5.91 Å². The van der Waals surface area contributed by atoms with Gasteiger partial charge in [0, 0.05) is 6.42 Å². The van der Waals surface area contributed by atoms with Crippen LogP contribution in [0.3, 0.4) is 0 Å². The molecule has 8 nitrogen and oxygen atoms in total. The molecule has 1 fully saturated rings. The summed E-state index contributed by atoms with van der Waals surface area (Å²) in [6.45, 7) is 3.26. The Morgan fingerprint density at radius 1 is 1.17 bits per heavy atom. The van der Waals surface area contributed by atoms with Crippen molar-refractivity contribution in [3.05, 3.63) is 0 Å². The maximum atomic E-state index is 11.6. The number of ether oxygens (including phenoxy) is 1. The van der Waals surface area contributed by atoms with Crippen LogP contribution in [0, 0.1) is 0 Å². The topological polar surface area (TPSA) is 139 Å². The van der Waals surface area contributed by atoms with Crippen molar-refractivity contribution in [3.63, 3.8) is 0 Å². The van der Waals surface area contributed by atoms with Gasteiger partial charge in [0.1, 0.15) is 18.3 Å². The second kappa shape index (κ2) is 10.3. The fourth-order valence-corrected chi connectivity index (χ4v) is 2.77. The number of rotatable bonds is 8. The van der Waals surface area contributed by atoms with Crippen LogP contribution >= 0.6 is 0 Å². The molecule has 142 valence electrons. The molecule has 0 aliphatic heterocycles. The van der Waals surface area contributed by atoms with Crippen molar-refractivity contribution in [1.82, 2.24) is 5.32 Å². The van der Waals surface area contributed by atoms with Gasteiger partial charge in [-0.1, -0.05) is 13.8 Å². The first-order chi connectivity index (χ1) is 11.3. The van der Waals surface area contributed by atoms with Crippen LogP contribution in [0.5, 0.6) is 0 Å². The molecule has 0 bridgehead atoms. The summed E-state index contributed by atoms with van der Waals surface area (Å²) < 4.78 is 5.61. The Morgan fingerprint density at radius 2 is 1.83 bits per heavy atom. The van der Waals surface area contributed by atoms with E-state index in [1.54, 1.807) is 13.8 Å². The molecule has 1 amide bonds. The Balaban J connectivity index is 2.70. The zero-order valence-corrected chi connectivity index (χ0v) is 14.3. The highest BCUT2D eigenvalue weighted by molar-refractivity contribution is 5.75. The molecule has 1 aliphatic rings. The number of hydrogen-bond acceptors (Lipinski definition) is 7. The van der Waals surface area contributed by atoms with Crippen LogP contribution in [0.25, 0.3) is 0 Å². The molecule has 0 radical (unpaired) electrons. The van der Waals surface area contributed by atoms with Crippen LogP contribution in [-0.4, -0.2) is 80.7 Å². The fraction of sp³-hybridized carbons (Fsp3) is 0.938. The molecule has 1 unspecified atom stereocenters. The van der Waals surface area contributed by atoms with Crippen LogP contribution in [0.4, 0.5) is 0 Å². The van der Waals surface area contributed by atoms with Gasteiger partial charge in [0.05, 0.1) is 31.0 Å². The van der Waals surface area contributed by atoms with Gasteiger partial charge < -0.3 is 35.6 Å². The molecule has 8 heteroatoms. The summed E-state index contributed by atoms with van der Waals surface area (Å²) in [4.78, 5) is 11.6. The van der Waals surface area contributed by atoms with Gasteiger partial charge in [0.15, 0.2) is 0 Å². The zero-order valence-electron chi connectivity index (χ0n) is 14.3. The normalized spacial score (nSPS) is 31.8. The van der Waals surface area contributed by atoms with Gasteiger partial charge in [-0.3, -0.25) is 4.79 Å². The van der Waals surface area contributed by atoms with Gasteiger partial charge in [-0.2, -0.15) is 0 Å². The zero-order chi connectivity index (χ0) is 18.3. The summed E-state index contributed by atoms with van der Waals surface area (Å²) in [5.74, 6) is -0.289. The maximum Gasteiger partial charge on any atom is 0.220 e. The van der Waals surface area contributed by atoms with E-state index >= 15 is 0 Å². The highest BCUT2D eigenvalue weighted by atomic mass is 16.5. The summed E-state index contributed by atoms with van der Waals surface area (Å²) in [6.07, 6.45) is -4.57. The fourth-order valence-electron chi connectivity index (χ4n) is 2.77. The molecular weight excluding hydrogens is 318 g/mol. The number of amides is 1. The predicted molar refractivity (Wildman–Crippen MR) is 86.1 cm³/mol. The van der Waals surface area contributed by atoms with E-state index in [-0.39, 0.29) is 18.9 Å². The Hall–Kier alpha value is -0.770. The summed E-state index contributed by atoms with van der Waals surface area (Å²) in [7, 11) is 0. The first-order valence-corrected chi connectivity index (χ1v) is 8.63. The smallest absolute Gasteiger partial charge is 0.220 e. The third-order valence-corrected chi connectivity index (χ3v) is 4.50. The van der Waals surface area contributed by atoms with Gasteiger partial charge in [-0.05, 0) is 25.7 Å². The Bertz CT molecular complexity index is 381. The van der Waals surface area contributed by atoms with Gasteiger partial charge in [0.2, 0.25) is 5.91 Å². The molecule has 1 aliphatic carbocycles. The van der Waals surface area contributed by atoms with Crippen LogP contribution in [0.15, 0.2) is 0 Å². The van der Waals surface area contributed by atoms with Gasteiger partial charge in [0.25, 0.3) is 0 Å². The minimum absolute atomic E-state index is 0.117. The first kappa shape index (κ1) is 21.3. The molecule has 0 aromatic carbocycles. The van der Waals surface area contributed by atoms with Gasteiger partial charge in [-0.15, -0.1) is 0 Å². The molecule has 24 heavy (non-hydrogen) atoms. The average Bonchev–Trinajstić information content (AvgIpc) is 2.70. The summed E-state index contributed by atoms with van der Waals surface area (Å²) in [6, 6.07) is -0.829. The van der Waals surface area contributed by atoms with Crippen molar-refractivity contribution in [3.8, 4) is 0 Å². The monoisotopic (exact) mass is 349 g/mol. The Labute approximate surface area is 142 Å². The van der Waals surface area contributed by atoms with E-state index in [0.717, 1.165) is 0 Å². The number of carbonyl (C=O) groups excluding carboxylic acids is 1. The Kier molecular flexibility index (Phi) is 9.11. The second-order valence-corrected chi connectivity index (χ2v) is 6.34. The van der Waals surface area contributed by atoms with E-state index in [9.17, 15) is 30.3 Å². The maximum absolute atomic E-state index is 11.6. The van der Waals surface area contributed by atoms with E-state index < -0.39 is 42.7 Å². The van der Waals surface area contributed by atoms with Crippen molar-refractivity contribution in [2.75, 3.05) is 6.61 Å². The SMILES string of the molecule is CCC(=O)N[C@@H](COC1CCC[C@H](O)[C@H](O)[C@H]1O)[C@H](O)[C@H](O)CC. The van der Waals surface area contributed by atoms with Crippen LogP contribution in [0.1, 0.15) is 46.0 Å². The standard InChI is InChI=1S/C16H31NO7/c1-3-10(18)14(21)9(17-13(20)4-2)8-24-12-7-5-6-11(19)15(22)16(12)23/h9-12,14-16,18-19,21-23H,3-8H2,1-2H3,(H,17,20)/t9-,10+,11-,12?,14-,15-,16-/m0/s1. The molecule has 0 saturated heterocycles. The lowest BCUT2D eigenvalue weighted by Gasteiger charge is -2.31. The number of carbonyl (C=O) groups is 1. The van der Waals surface area contributed by atoms with E-state index in [1.807, 2.05) is 0 Å². The molecule has 7 atom stereocenters. The van der Waals surface area contributed by atoms with E-state index in [2.05, 4.69) is 5.32 Å². The summed E-state index contributed by atoms with van der Waals surface area (Å²) in [5, 5.41) is 52.2. The van der Waals surface area contributed by atoms with Gasteiger partial charge >= 0.3 is 0 Å². The number of hydrogen-bond donors (Lipinski definition) is 6. The first-order valence-electron chi connectivity index (χ1n) is 8.63. The second-order valence-electron chi connectivity index (χ2n) is 6.34. The molecule has 0 aromatic heterocycles. The Morgan fingerprint density at radius 3 is 2.42 bits per heavy atom. The molecule has 1 saturated carbocycles. The minimum Gasteiger partial charge on any atom is -0.390 e. The number of aliphatic hydroxyl groups excluding tert-OH is 5. The summed E-state index contributed by atoms with van der Waals surface area (Å²) >= 11 is 0. The quantitative estimate of drug-likeness (QED) is 0.298. The molecule has 0 aromatic rings. The molecule has 1 rings (SSSR count). The van der Waals surface area contributed by atoms with Crippen molar-refractivity contribution in [2.24, 2.45) is 0 Å². The lowest BCUT2D eigenvalue weighted by atomic mass is 10.0. The number of aliphatic hydroxyl groups is 5. The van der Waals surface area contributed by atoms with Crippen LogP contribution in [0.2, 0.25) is 0 Å². The van der Waals surface area contributed by atoms with Crippen molar-refractivity contribution in [1.29, 1.82) is 0 Å². The minimum atomic E-state index is -1.30. The third-order valence-electron chi connectivity index (χ3n) is 4.50. The molecule has 0 heterocycles. The third kappa shape index (κ3) is 5.94. The van der Waals surface area contributed by atoms with Crippen LogP contribution < -0.4 is 5.32 Å². The molecule has 6 N–H and O–H groups in total. The summed E-state index contributed by atoms with van der Waals surface area (Å²) in [5.41, 5.74) is 0. The van der Waals surface area contributed by atoms with E-state index in [0.29, 0.717) is 25.7 Å². The highest BCUT2D eigenvalue weighted by Crippen LogP contribution is 2.22. The van der Waals surface area contributed by atoms with Crippen molar-refractivity contribution in [2.45, 2.75) is 88.6 Å². The van der Waals surface area contributed by atoms with Crippen molar-refractivity contribution < 1.29 is 35.1 Å². The van der Waals surface area contributed by atoms with E-state index in [4.69, 9.17) is 4.74 Å². The lowest BCUT2D eigenvalue weighted by Crippen LogP contribution is -2.52. The highest BCUT2D eigenvalue weighted by Gasteiger charge is 2.36. The average molecular weight is 349 g/mol. The van der Waals surface area contributed by atoms with E-state index in [1.165, 1.54) is 0 Å². The number of nitrogens with one attached hydrogen (secondary N) is 1.